The maximum absolute atomic E-state index is 4.43. The number of hydrogen-bond donors (Lipinski definition) is 1. The van der Waals surface area contributed by atoms with Crippen molar-refractivity contribution in [2.75, 3.05) is 44.2 Å². The van der Waals surface area contributed by atoms with Gasteiger partial charge in [0.25, 0.3) is 0 Å². The fraction of sp³-hybridized carbons (Fsp3) is 0.688. The van der Waals surface area contributed by atoms with E-state index in [0.29, 0.717) is 6.04 Å². The second kappa shape index (κ2) is 8.22. The Morgan fingerprint density at radius 3 is 2.60 bits per heavy atom. The van der Waals surface area contributed by atoms with Gasteiger partial charge in [0.2, 0.25) is 0 Å². The van der Waals surface area contributed by atoms with Crippen LogP contribution in [0, 0.1) is 0 Å². The van der Waals surface area contributed by atoms with Crippen molar-refractivity contribution in [3.8, 4) is 0 Å². The molecular weight excluding hydrogens is 248 g/mol. The third-order valence-electron chi connectivity index (χ3n) is 3.80. The van der Waals surface area contributed by atoms with E-state index in [9.17, 15) is 0 Å². The summed E-state index contributed by atoms with van der Waals surface area (Å²) in [5, 5.41) is 3.48. The molecule has 0 aliphatic carbocycles. The van der Waals surface area contributed by atoms with Gasteiger partial charge in [-0.15, -0.1) is 0 Å². The number of nitrogens with one attached hydrogen (secondary N) is 1. The van der Waals surface area contributed by atoms with Crippen LogP contribution in [0.5, 0.6) is 0 Å². The molecule has 1 aliphatic heterocycles. The lowest BCUT2D eigenvalue weighted by atomic mass is 10.2. The largest absolute Gasteiger partial charge is 0.354 e. The van der Waals surface area contributed by atoms with Gasteiger partial charge in [-0.2, -0.15) is 0 Å². The quantitative estimate of drug-likeness (QED) is 0.772. The molecule has 1 saturated heterocycles. The molecule has 0 atom stereocenters. The Balaban J connectivity index is 1.60. The van der Waals surface area contributed by atoms with E-state index in [4.69, 9.17) is 0 Å². The molecule has 0 bridgehead atoms. The average molecular weight is 276 g/mol. The highest BCUT2D eigenvalue weighted by Crippen LogP contribution is 2.12. The summed E-state index contributed by atoms with van der Waals surface area (Å²) in [6.07, 6.45) is 4.45. The van der Waals surface area contributed by atoms with Crippen LogP contribution in [-0.2, 0) is 0 Å². The Labute approximate surface area is 123 Å². The van der Waals surface area contributed by atoms with Crippen LogP contribution in [0.4, 0.5) is 5.82 Å². The van der Waals surface area contributed by atoms with Gasteiger partial charge in [0.15, 0.2) is 0 Å². The predicted molar refractivity (Wildman–Crippen MR) is 85.3 cm³/mol. The van der Waals surface area contributed by atoms with Crippen LogP contribution in [0.3, 0.4) is 0 Å². The monoisotopic (exact) mass is 276 g/mol. The highest BCUT2D eigenvalue weighted by molar-refractivity contribution is 5.38. The molecule has 1 N–H and O–H groups in total. The second-order valence-corrected chi connectivity index (χ2v) is 5.83. The number of anilines is 1. The summed E-state index contributed by atoms with van der Waals surface area (Å²) >= 11 is 0. The standard InChI is InChI=1S/C16H28N4/c1-15(2)17-8-5-6-10-19-11-13-20(14-12-19)16-7-3-4-9-18-16/h3-4,7,9,15,17H,5-6,8,10-14H2,1-2H3. The highest BCUT2D eigenvalue weighted by atomic mass is 15.3. The summed E-state index contributed by atoms with van der Waals surface area (Å²) in [7, 11) is 0. The van der Waals surface area contributed by atoms with E-state index >= 15 is 0 Å². The summed E-state index contributed by atoms with van der Waals surface area (Å²) in [5.41, 5.74) is 0. The first-order chi connectivity index (χ1) is 9.75. The topological polar surface area (TPSA) is 31.4 Å². The predicted octanol–water partition coefficient (Wildman–Crippen LogP) is 1.98. The lowest BCUT2D eigenvalue weighted by molar-refractivity contribution is 0.252. The number of piperazine rings is 1. The molecule has 0 aromatic carbocycles. The molecule has 0 radical (unpaired) electrons. The SMILES string of the molecule is CC(C)NCCCCN1CCN(c2ccccn2)CC1. The van der Waals surface area contributed by atoms with Crippen molar-refractivity contribution in [2.24, 2.45) is 0 Å². The second-order valence-electron chi connectivity index (χ2n) is 5.83. The zero-order valence-corrected chi connectivity index (χ0v) is 12.9. The first-order valence-corrected chi connectivity index (χ1v) is 7.87. The van der Waals surface area contributed by atoms with Crippen LogP contribution in [0.15, 0.2) is 24.4 Å². The molecule has 4 heteroatoms. The Bertz CT molecular complexity index is 358. The van der Waals surface area contributed by atoms with Crippen molar-refractivity contribution in [1.29, 1.82) is 0 Å². The van der Waals surface area contributed by atoms with E-state index in [2.05, 4.69) is 46.1 Å². The molecule has 1 fully saturated rings. The van der Waals surface area contributed by atoms with Crippen molar-refractivity contribution in [2.45, 2.75) is 32.7 Å². The van der Waals surface area contributed by atoms with Gasteiger partial charge >= 0.3 is 0 Å². The van der Waals surface area contributed by atoms with E-state index in [0.717, 1.165) is 38.5 Å². The molecule has 0 unspecified atom stereocenters. The van der Waals surface area contributed by atoms with Gasteiger partial charge in [-0.1, -0.05) is 19.9 Å². The average Bonchev–Trinajstić information content (AvgIpc) is 2.48. The zero-order chi connectivity index (χ0) is 14.2. The summed E-state index contributed by atoms with van der Waals surface area (Å²) in [6, 6.07) is 6.76. The fourth-order valence-corrected chi connectivity index (χ4v) is 2.59. The normalized spacial score (nSPS) is 16.9. The van der Waals surface area contributed by atoms with E-state index in [1.54, 1.807) is 0 Å². The van der Waals surface area contributed by atoms with E-state index in [-0.39, 0.29) is 0 Å². The van der Waals surface area contributed by atoms with E-state index in [1.807, 2.05) is 12.3 Å². The van der Waals surface area contributed by atoms with Crippen LogP contribution in [0.25, 0.3) is 0 Å². The molecule has 4 nitrogen and oxygen atoms in total. The van der Waals surface area contributed by atoms with E-state index in [1.165, 1.54) is 19.4 Å². The minimum Gasteiger partial charge on any atom is -0.354 e. The molecular formula is C16H28N4. The molecule has 20 heavy (non-hydrogen) atoms. The van der Waals surface area contributed by atoms with Crippen molar-refractivity contribution < 1.29 is 0 Å². The minimum absolute atomic E-state index is 0.608. The number of unbranched alkanes of at least 4 members (excludes halogenated alkanes) is 1. The lowest BCUT2D eigenvalue weighted by Crippen LogP contribution is -2.47. The van der Waals surface area contributed by atoms with Gasteiger partial charge in [0, 0.05) is 38.4 Å². The van der Waals surface area contributed by atoms with Gasteiger partial charge in [-0.25, -0.2) is 4.98 Å². The number of pyridine rings is 1. The molecule has 1 aromatic heterocycles. The summed E-state index contributed by atoms with van der Waals surface area (Å²) in [4.78, 5) is 9.39. The molecule has 1 aliphatic rings. The van der Waals surface area contributed by atoms with Gasteiger partial charge in [-0.3, -0.25) is 4.90 Å². The Morgan fingerprint density at radius 1 is 1.15 bits per heavy atom. The van der Waals surface area contributed by atoms with Crippen LogP contribution < -0.4 is 10.2 Å². The molecule has 112 valence electrons. The van der Waals surface area contributed by atoms with Crippen LogP contribution in [0.2, 0.25) is 0 Å². The Hall–Kier alpha value is -1.13. The van der Waals surface area contributed by atoms with E-state index < -0.39 is 0 Å². The van der Waals surface area contributed by atoms with Gasteiger partial charge in [0.05, 0.1) is 0 Å². The maximum Gasteiger partial charge on any atom is 0.128 e. The van der Waals surface area contributed by atoms with Crippen molar-refractivity contribution in [3.63, 3.8) is 0 Å². The van der Waals surface area contributed by atoms with Crippen molar-refractivity contribution >= 4 is 5.82 Å². The fourth-order valence-electron chi connectivity index (χ4n) is 2.59. The zero-order valence-electron chi connectivity index (χ0n) is 12.9. The molecule has 0 amide bonds. The third-order valence-corrected chi connectivity index (χ3v) is 3.80. The Morgan fingerprint density at radius 2 is 1.95 bits per heavy atom. The number of rotatable bonds is 7. The molecule has 1 aromatic rings. The summed E-state index contributed by atoms with van der Waals surface area (Å²) in [6.45, 7) is 11.3. The van der Waals surface area contributed by atoms with Crippen LogP contribution in [-0.4, -0.2) is 55.2 Å². The molecule has 0 spiro atoms. The summed E-state index contributed by atoms with van der Waals surface area (Å²) in [5.74, 6) is 1.12. The minimum atomic E-state index is 0.608. The van der Waals surface area contributed by atoms with Crippen molar-refractivity contribution in [3.05, 3.63) is 24.4 Å². The number of hydrogen-bond acceptors (Lipinski definition) is 4. The molecule has 0 saturated carbocycles. The summed E-state index contributed by atoms with van der Waals surface area (Å²) < 4.78 is 0. The number of nitrogens with zero attached hydrogens (tertiary/aromatic N) is 3. The van der Waals surface area contributed by atoms with Crippen LogP contribution >= 0.6 is 0 Å². The first-order valence-electron chi connectivity index (χ1n) is 7.87. The smallest absolute Gasteiger partial charge is 0.128 e. The third kappa shape index (κ3) is 5.10. The van der Waals surface area contributed by atoms with Crippen LogP contribution in [0.1, 0.15) is 26.7 Å². The number of aromatic nitrogens is 1. The maximum atomic E-state index is 4.43. The first kappa shape index (κ1) is 15.3. The molecule has 2 rings (SSSR count). The highest BCUT2D eigenvalue weighted by Gasteiger charge is 2.16. The Kier molecular flexibility index (Phi) is 6.27. The van der Waals surface area contributed by atoms with Gasteiger partial charge in [0.1, 0.15) is 5.82 Å². The van der Waals surface area contributed by atoms with Gasteiger partial charge in [-0.05, 0) is 38.1 Å². The molecule has 2 heterocycles. The lowest BCUT2D eigenvalue weighted by Gasteiger charge is -2.35. The van der Waals surface area contributed by atoms with Gasteiger partial charge < -0.3 is 10.2 Å². The van der Waals surface area contributed by atoms with Crippen molar-refractivity contribution in [1.82, 2.24) is 15.2 Å².